The van der Waals surface area contributed by atoms with Crippen molar-refractivity contribution in [3.63, 3.8) is 0 Å². The van der Waals surface area contributed by atoms with E-state index in [1.807, 2.05) is 25.0 Å². The van der Waals surface area contributed by atoms with Gasteiger partial charge in [0, 0.05) is 20.4 Å². The van der Waals surface area contributed by atoms with Gasteiger partial charge in [0.05, 0.1) is 17.3 Å². The molecule has 0 saturated heterocycles. The lowest BCUT2D eigenvalue weighted by Crippen LogP contribution is -2.46. The lowest BCUT2D eigenvalue weighted by atomic mass is 9.84. The highest BCUT2D eigenvalue weighted by Crippen LogP contribution is 2.39. The van der Waals surface area contributed by atoms with Gasteiger partial charge >= 0.3 is 0 Å². The number of aromatic nitrogens is 2. The van der Waals surface area contributed by atoms with E-state index in [0.717, 1.165) is 19.4 Å². The lowest BCUT2D eigenvalue weighted by molar-refractivity contribution is -0.0555. The van der Waals surface area contributed by atoms with Gasteiger partial charge in [-0.05, 0) is 25.5 Å². The van der Waals surface area contributed by atoms with Crippen LogP contribution in [0.2, 0.25) is 0 Å². The number of nitrogens with one attached hydrogen (secondary N) is 1. The number of likely N-dealkylation sites (N-methyl/N-ethyl adjacent to an activating group) is 1. The van der Waals surface area contributed by atoms with Crippen molar-refractivity contribution in [2.24, 2.45) is 7.05 Å². The number of hydrogen-bond acceptors (Lipinski definition) is 3. The maximum Gasteiger partial charge on any atom is 0.0887 e. The van der Waals surface area contributed by atoms with Crippen LogP contribution >= 0.6 is 0 Å². The first-order valence-electron chi connectivity index (χ1n) is 7.50. The minimum absolute atomic E-state index is 0.0830. The van der Waals surface area contributed by atoms with Crippen LogP contribution < -0.4 is 5.32 Å². The molecule has 2 rings (SSSR count). The summed E-state index contributed by atoms with van der Waals surface area (Å²) in [6, 6.07) is 2.34. The Hall–Kier alpha value is -0.870. The van der Waals surface area contributed by atoms with Crippen LogP contribution in [0, 0.1) is 0 Å². The highest BCUT2D eigenvalue weighted by molar-refractivity contribution is 5.14. The third-order valence-electron chi connectivity index (χ3n) is 4.45. The van der Waals surface area contributed by atoms with Gasteiger partial charge in [0.25, 0.3) is 0 Å². The van der Waals surface area contributed by atoms with E-state index in [2.05, 4.69) is 23.4 Å². The SMILES string of the molecule is CCNC(c1ccnn1C)C1(OC)CCCCCC1. The lowest BCUT2D eigenvalue weighted by Gasteiger charge is -2.39. The third kappa shape index (κ3) is 3.00. The number of ether oxygens (including phenoxy) is 1. The van der Waals surface area contributed by atoms with Crippen molar-refractivity contribution in [3.8, 4) is 0 Å². The van der Waals surface area contributed by atoms with E-state index in [9.17, 15) is 0 Å². The summed E-state index contributed by atoms with van der Waals surface area (Å²) >= 11 is 0. The molecule has 108 valence electrons. The third-order valence-corrected chi connectivity index (χ3v) is 4.45. The fourth-order valence-electron chi connectivity index (χ4n) is 3.37. The molecule has 1 aromatic heterocycles. The second-order valence-electron chi connectivity index (χ2n) is 5.55. The van der Waals surface area contributed by atoms with E-state index in [4.69, 9.17) is 4.74 Å². The molecule has 4 nitrogen and oxygen atoms in total. The Morgan fingerprint density at radius 1 is 1.37 bits per heavy atom. The molecular formula is C15H27N3O. The Balaban J connectivity index is 2.31. The first-order valence-corrected chi connectivity index (χ1v) is 7.50. The van der Waals surface area contributed by atoms with Crippen LogP contribution in [0.3, 0.4) is 0 Å². The molecule has 1 aliphatic carbocycles. The Morgan fingerprint density at radius 2 is 2.05 bits per heavy atom. The quantitative estimate of drug-likeness (QED) is 0.832. The maximum absolute atomic E-state index is 6.05. The molecule has 0 radical (unpaired) electrons. The van der Waals surface area contributed by atoms with Gasteiger partial charge in [-0.1, -0.05) is 32.6 Å². The number of hydrogen-bond donors (Lipinski definition) is 1. The molecule has 1 aromatic rings. The summed E-state index contributed by atoms with van der Waals surface area (Å²) < 4.78 is 8.02. The minimum atomic E-state index is -0.0830. The Bertz CT molecular complexity index is 380. The van der Waals surface area contributed by atoms with E-state index in [1.165, 1.54) is 31.4 Å². The van der Waals surface area contributed by atoms with Crippen LogP contribution in [-0.2, 0) is 11.8 Å². The van der Waals surface area contributed by atoms with Crippen LogP contribution in [0.15, 0.2) is 12.3 Å². The molecule has 0 bridgehead atoms. The Kier molecular flexibility index (Phi) is 4.99. The van der Waals surface area contributed by atoms with Crippen molar-refractivity contribution in [2.75, 3.05) is 13.7 Å². The zero-order chi connectivity index (χ0) is 13.7. The molecule has 0 spiro atoms. The van der Waals surface area contributed by atoms with E-state index in [-0.39, 0.29) is 11.6 Å². The molecule has 1 N–H and O–H groups in total. The van der Waals surface area contributed by atoms with Crippen molar-refractivity contribution in [1.82, 2.24) is 15.1 Å². The predicted molar refractivity (Wildman–Crippen MR) is 77.1 cm³/mol. The molecule has 1 atom stereocenters. The van der Waals surface area contributed by atoms with Gasteiger partial charge in [0.1, 0.15) is 0 Å². The summed E-state index contributed by atoms with van der Waals surface area (Å²) in [4.78, 5) is 0. The van der Waals surface area contributed by atoms with Crippen LogP contribution in [-0.4, -0.2) is 29.0 Å². The first-order chi connectivity index (χ1) is 9.23. The smallest absolute Gasteiger partial charge is 0.0887 e. The summed E-state index contributed by atoms with van der Waals surface area (Å²) in [5.41, 5.74) is 1.14. The summed E-state index contributed by atoms with van der Waals surface area (Å²) in [5.74, 6) is 0. The predicted octanol–water partition coefficient (Wildman–Crippen LogP) is 2.81. The highest BCUT2D eigenvalue weighted by Gasteiger charge is 2.40. The largest absolute Gasteiger partial charge is 0.376 e. The van der Waals surface area contributed by atoms with Crippen molar-refractivity contribution in [3.05, 3.63) is 18.0 Å². The Labute approximate surface area is 116 Å². The highest BCUT2D eigenvalue weighted by atomic mass is 16.5. The molecule has 4 heteroatoms. The van der Waals surface area contributed by atoms with Crippen LogP contribution in [0.4, 0.5) is 0 Å². The van der Waals surface area contributed by atoms with Crippen molar-refractivity contribution < 1.29 is 4.74 Å². The van der Waals surface area contributed by atoms with E-state index >= 15 is 0 Å². The fraction of sp³-hybridized carbons (Fsp3) is 0.800. The van der Waals surface area contributed by atoms with Gasteiger partial charge < -0.3 is 10.1 Å². The summed E-state index contributed by atoms with van der Waals surface area (Å²) in [6.07, 6.45) is 9.31. The summed E-state index contributed by atoms with van der Waals surface area (Å²) in [5, 5.41) is 7.95. The molecular weight excluding hydrogens is 238 g/mol. The van der Waals surface area contributed by atoms with E-state index in [0.29, 0.717) is 0 Å². The van der Waals surface area contributed by atoms with Gasteiger partial charge in [-0.2, -0.15) is 5.10 Å². The van der Waals surface area contributed by atoms with Crippen LogP contribution in [0.1, 0.15) is 57.2 Å². The molecule has 1 fully saturated rings. The van der Waals surface area contributed by atoms with E-state index in [1.54, 1.807) is 0 Å². The van der Waals surface area contributed by atoms with Crippen molar-refractivity contribution in [1.29, 1.82) is 0 Å². The normalized spacial score (nSPS) is 21.0. The first kappa shape index (κ1) is 14.5. The molecule has 1 saturated carbocycles. The van der Waals surface area contributed by atoms with Gasteiger partial charge in [0.2, 0.25) is 0 Å². The maximum atomic E-state index is 6.05. The number of rotatable bonds is 5. The van der Waals surface area contributed by atoms with E-state index < -0.39 is 0 Å². The molecule has 19 heavy (non-hydrogen) atoms. The summed E-state index contributed by atoms with van der Waals surface area (Å²) in [7, 11) is 3.88. The van der Waals surface area contributed by atoms with Crippen molar-refractivity contribution >= 4 is 0 Å². The zero-order valence-electron chi connectivity index (χ0n) is 12.5. The van der Waals surface area contributed by atoms with Crippen molar-refractivity contribution in [2.45, 2.75) is 57.1 Å². The second-order valence-corrected chi connectivity index (χ2v) is 5.55. The zero-order valence-corrected chi connectivity index (χ0v) is 12.5. The molecule has 0 aromatic carbocycles. The standard InChI is InChI=1S/C15H27N3O/c1-4-16-14(13-9-12-17-18(13)2)15(19-3)10-7-5-6-8-11-15/h9,12,14,16H,4-8,10-11H2,1-3H3. The molecule has 1 heterocycles. The number of aryl methyl sites for hydroxylation is 1. The van der Waals surface area contributed by atoms with Gasteiger partial charge in [0.15, 0.2) is 0 Å². The number of nitrogens with zero attached hydrogens (tertiary/aromatic N) is 2. The second kappa shape index (κ2) is 6.53. The minimum Gasteiger partial charge on any atom is -0.376 e. The number of methoxy groups -OCH3 is 1. The van der Waals surface area contributed by atoms with Crippen LogP contribution in [0.25, 0.3) is 0 Å². The topological polar surface area (TPSA) is 39.1 Å². The average molecular weight is 265 g/mol. The monoisotopic (exact) mass is 265 g/mol. The fourth-order valence-corrected chi connectivity index (χ4v) is 3.37. The molecule has 0 aliphatic heterocycles. The molecule has 0 amide bonds. The molecule has 1 aliphatic rings. The van der Waals surface area contributed by atoms with Gasteiger partial charge in [-0.15, -0.1) is 0 Å². The molecule has 1 unspecified atom stereocenters. The Morgan fingerprint density at radius 3 is 2.53 bits per heavy atom. The van der Waals surface area contributed by atoms with Gasteiger partial charge in [-0.3, -0.25) is 4.68 Å². The summed E-state index contributed by atoms with van der Waals surface area (Å²) in [6.45, 7) is 3.10. The van der Waals surface area contributed by atoms with Gasteiger partial charge in [-0.25, -0.2) is 0 Å². The average Bonchev–Trinajstić information content (AvgIpc) is 2.70. The van der Waals surface area contributed by atoms with Crippen LogP contribution in [0.5, 0.6) is 0 Å².